The van der Waals surface area contributed by atoms with Crippen LogP contribution in [-0.2, 0) is 10.7 Å². The molecule has 0 bridgehead atoms. The van der Waals surface area contributed by atoms with E-state index in [0.717, 1.165) is 37.3 Å². The van der Waals surface area contributed by atoms with E-state index in [-0.39, 0.29) is 17.2 Å². The summed E-state index contributed by atoms with van der Waals surface area (Å²) in [5.41, 5.74) is 6.22. The number of benzene rings is 2. The normalized spacial score (nSPS) is 15.8. The number of amides is 2. The van der Waals surface area contributed by atoms with Crippen molar-refractivity contribution in [2.75, 3.05) is 45.3 Å². The van der Waals surface area contributed by atoms with Crippen molar-refractivity contribution in [2.45, 2.75) is 25.2 Å². The number of carbonyl (C=O) groups excluding carboxylic acids is 1. The summed E-state index contributed by atoms with van der Waals surface area (Å²) in [6, 6.07) is 14.4. The van der Waals surface area contributed by atoms with E-state index in [1.807, 2.05) is 12.1 Å². The fraction of sp³-hybridized carbons (Fsp3) is 0.385. The number of halogens is 3. The number of nitrogens with two attached hydrogens (primary N) is 1. The summed E-state index contributed by atoms with van der Waals surface area (Å²) in [6.45, 7) is 3.96. The SMILES string of the molecule is COCCN1CCC(c2ccc(F)cc2)C1.Cc1c(C(F)(F)CO)nn(-c2ccccc2)c1NC(N)=O. The van der Waals surface area contributed by atoms with Gasteiger partial charge in [0.25, 0.3) is 0 Å². The number of alkyl halides is 2. The molecule has 1 fully saturated rings. The highest BCUT2D eigenvalue weighted by molar-refractivity contribution is 5.88. The molecule has 1 saturated heterocycles. The number of carbonyl (C=O) groups is 1. The fourth-order valence-corrected chi connectivity index (χ4v) is 4.20. The van der Waals surface area contributed by atoms with Gasteiger partial charge in [0.1, 0.15) is 23.9 Å². The van der Waals surface area contributed by atoms with Crippen molar-refractivity contribution in [3.05, 3.63) is 77.2 Å². The molecule has 2 heterocycles. The van der Waals surface area contributed by atoms with Crippen LogP contribution in [0.5, 0.6) is 0 Å². The number of anilines is 1. The van der Waals surface area contributed by atoms with Crippen molar-refractivity contribution in [3.63, 3.8) is 0 Å². The maximum atomic E-state index is 13.7. The number of para-hydroxylation sites is 1. The van der Waals surface area contributed by atoms with Crippen LogP contribution in [0.4, 0.5) is 23.8 Å². The summed E-state index contributed by atoms with van der Waals surface area (Å²) in [5.74, 6) is -3.08. The number of aromatic nitrogens is 2. The third-order valence-corrected chi connectivity index (χ3v) is 6.14. The van der Waals surface area contributed by atoms with Gasteiger partial charge in [0.2, 0.25) is 0 Å². The minimum Gasteiger partial charge on any atom is -0.390 e. The maximum absolute atomic E-state index is 13.7. The number of nitrogens with zero attached hydrogens (tertiary/aromatic N) is 3. The molecule has 2 aromatic carbocycles. The molecule has 0 aliphatic carbocycles. The van der Waals surface area contributed by atoms with Crippen molar-refractivity contribution in [2.24, 2.45) is 5.73 Å². The van der Waals surface area contributed by atoms with Gasteiger partial charge in [-0.2, -0.15) is 13.9 Å². The molecule has 0 saturated carbocycles. The molecular formula is C26H32F3N5O3. The average molecular weight is 520 g/mol. The summed E-state index contributed by atoms with van der Waals surface area (Å²) >= 11 is 0. The Hall–Kier alpha value is -3.41. The molecule has 1 atom stereocenters. The van der Waals surface area contributed by atoms with Gasteiger partial charge in [-0.1, -0.05) is 30.3 Å². The number of urea groups is 1. The number of rotatable bonds is 8. The van der Waals surface area contributed by atoms with E-state index in [1.54, 1.807) is 49.6 Å². The van der Waals surface area contributed by atoms with Gasteiger partial charge in [0.05, 0.1) is 12.3 Å². The van der Waals surface area contributed by atoms with Gasteiger partial charge < -0.3 is 20.5 Å². The van der Waals surface area contributed by atoms with Crippen molar-refractivity contribution in [3.8, 4) is 5.69 Å². The lowest BCUT2D eigenvalue weighted by Gasteiger charge is -2.15. The van der Waals surface area contributed by atoms with E-state index in [1.165, 1.54) is 12.5 Å². The average Bonchev–Trinajstić information content (AvgIpc) is 3.49. The number of likely N-dealkylation sites (tertiary alicyclic amines) is 1. The van der Waals surface area contributed by atoms with Gasteiger partial charge in [0.15, 0.2) is 0 Å². The molecule has 1 aliphatic rings. The van der Waals surface area contributed by atoms with Crippen molar-refractivity contribution in [1.29, 1.82) is 0 Å². The van der Waals surface area contributed by atoms with Gasteiger partial charge in [-0.3, -0.25) is 5.32 Å². The lowest BCUT2D eigenvalue weighted by Crippen LogP contribution is -2.24. The highest BCUT2D eigenvalue weighted by Crippen LogP contribution is 2.34. The minimum absolute atomic E-state index is 0.0386. The molecule has 0 radical (unpaired) electrons. The number of aliphatic hydroxyl groups is 1. The van der Waals surface area contributed by atoms with Crippen molar-refractivity contribution >= 4 is 11.8 Å². The standard InChI is InChI=1S/C13H14F2N4O2.C13H18FNO/c1-8-10(13(14,15)7-20)18-19(11(8)17-12(16)21)9-5-3-2-4-6-9;1-16-9-8-15-7-6-12(10-15)11-2-4-13(14)5-3-11/h2-6,20H,7H2,1H3,(H3,16,17,21);2-5,12H,6-10H2,1H3. The number of methoxy groups -OCH3 is 1. The van der Waals surface area contributed by atoms with Crippen LogP contribution in [0, 0.1) is 12.7 Å². The molecule has 2 amide bonds. The predicted octanol–water partition coefficient (Wildman–Crippen LogP) is 4.02. The van der Waals surface area contributed by atoms with Crippen molar-refractivity contribution in [1.82, 2.24) is 14.7 Å². The molecule has 1 aliphatic heterocycles. The minimum atomic E-state index is -3.52. The Morgan fingerprint density at radius 2 is 1.89 bits per heavy atom. The lowest BCUT2D eigenvalue weighted by molar-refractivity contribution is -0.0599. The van der Waals surface area contributed by atoms with E-state index in [4.69, 9.17) is 15.6 Å². The lowest BCUT2D eigenvalue weighted by atomic mass is 9.99. The zero-order valence-corrected chi connectivity index (χ0v) is 20.8. The first-order chi connectivity index (χ1) is 17.7. The highest BCUT2D eigenvalue weighted by Gasteiger charge is 2.37. The summed E-state index contributed by atoms with van der Waals surface area (Å²) in [6.07, 6.45) is 1.16. The molecule has 4 N–H and O–H groups in total. The van der Waals surface area contributed by atoms with E-state index in [9.17, 15) is 18.0 Å². The molecule has 3 aromatic rings. The second-order valence-corrected chi connectivity index (χ2v) is 8.75. The number of aliphatic hydroxyl groups excluding tert-OH is 1. The summed E-state index contributed by atoms with van der Waals surface area (Å²) in [4.78, 5) is 13.5. The molecule has 11 heteroatoms. The summed E-state index contributed by atoms with van der Waals surface area (Å²) in [5, 5.41) is 14.9. The van der Waals surface area contributed by atoms with E-state index in [0.29, 0.717) is 11.6 Å². The van der Waals surface area contributed by atoms with Crippen LogP contribution in [0.2, 0.25) is 0 Å². The second kappa shape index (κ2) is 12.7. The molecule has 1 unspecified atom stereocenters. The Labute approximate surface area is 213 Å². The van der Waals surface area contributed by atoms with Crippen LogP contribution < -0.4 is 11.1 Å². The zero-order chi connectivity index (χ0) is 27.0. The van der Waals surface area contributed by atoms with Crippen LogP contribution in [0.1, 0.15) is 29.2 Å². The van der Waals surface area contributed by atoms with Gasteiger partial charge in [-0.05, 0) is 55.6 Å². The zero-order valence-electron chi connectivity index (χ0n) is 20.8. The third-order valence-electron chi connectivity index (χ3n) is 6.14. The monoisotopic (exact) mass is 519 g/mol. The van der Waals surface area contributed by atoms with Crippen molar-refractivity contribution < 1.29 is 27.8 Å². The Morgan fingerprint density at radius 1 is 1.22 bits per heavy atom. The van der Waals surface area contributed by atoms with Crippen LogP contribution in [-0.4, -0.2) is 65.8 Å². The molecule has 37 heavy (non-hydrogen) atoms. The van der Waals surface area contributed by atoms with E-state index >= 15 is 0 Å². The molecule has 0 spiro atoms. The van der Waals surface area contributed by atoms with Crippen LogP contribution in [0.25, 0.3) is 5.69 Å². The Bertz CT molecular complexity index is 1160. The van der Waals surface area contributed by atoms with E-state index in [2.05, 4.69) is 15.3 Å². The topological polar surface area (TPSA) is 106 Å². The summed E-state index contributed by atoms with van der Waals surface area (Å²) < 4.78 is 46.5. The third kappa shape index (κ3) is 7.31. The number of ether oxygens (including phenoxy) is 1. The number of hydrogen-bond donors (Lipinski definition) is 3. The van der Waals surface area contributed by atoms with Crippen LogP contribution in [0.15, 0.2) is 54.6 Å². The number of primary amides is 1. The summed E-state index contributed by atoms with van der Waals surface area (Å²) in [7, 11) is 1.73. The Balaban J connectivity index is 0.000000213. The van der Waals surface area contributed by atoms with Gasteiger partial charge >= 0.3 is 12.0 Å². The fourth-order valence-electron chi connectivity index (χ4n) is 4.20. The number of nitrogens with one attached hydrogen (secondary N) is 1. The maximum Gasteiger partial charge on any atom is 0.317 e. The smallest absolute Gasteiger partial charge is 0.317 e. The first kappa shape index (κ1) is 28.2. The first-order valence-corrected chi connectivity index (χ1v) is 11.8. The molecule has 8 nitrogen and oxygen atoms in total. The first-order valence-electron chi connectivity index (χ1n) is 11.8. The molecule has 1 aromatic heterocycles. The Kier molecular flexibility index (Phi) is 9.67. The van der Waals surface area contributed by atoms with Gasteiger partial charge in [-0.25, -0.2) is 13.9 Å². The highest BCUT2D eigenvalue weighted by atomic mass is 19.3. The van der Waals surface area contributed by atoms with E-state index < -0.39 is 24.3 Å². The second-order valence-electron chi connectivity index (χ2n) is 8.75. The van der Waals surface area contributed by atoms with Gasteiger partial charge in [0, 0.05) is 25.8 Å². The van der Waals surface area contributed by atoms with Gasteiger partial charge in [-0.15, -0.1) is 0 Å². The quantitative estimate of drug-likeness (QED) is 0.417. The van der Waals surface area contributed by atoms with Crippen LogP contribution >= 0.6 is 0 Å². The Morgan fingerprint density at radius 3 is 2.49 bits per heavy atom. The molecule has 4 rings (SSSR count). The molecular weight excluding hydrogens is 487 g/mol. The number of hydrogen-bond acceptors (Lipinski definition) is 5. The predicted molar refractivity (Wildman–Crippen MR) is 135 cm³/mol. The molecule has 200 valence electrons. The van der Waals surface area contributed by atoms with Crippen LogP contribution in [0.3, 0.4) is 0 Å². The largest absolute Gasteiger partial charge is 0.390 e.